The van der Waals surface area contributed by atoms with Gasteiger partial charge in [-0.05, 0) is 38.4 Å². The number of amides is 1. The maximum absolute atomic E-state index is 11.8. The quantitative estimate of drug-likeness (QED) is 0.805. The number of hydrogen-bond acceptors (Lipinski definition) is 3. The Bertz CT molecular complexity index is 267. The van der Waals surface area contributed by atoms with E-state index >= 15 is 0 Å². The Labute approximate surface area is 115 Å². The Morgan fingerprint density at radius 3 is 2.56 bits per heavy atom. The van der Waals surface area contributed by atoms with Crippen LogP contribution in [-0.2, 0) is 4.79 Å². The van der Waals surface area contributed by atoms with Crippen molar-refractivity contribution in [3.8, 4) is 0 Å². The second-order valence-electron chi connectivity index (χ2n) is 5.65. The minimum absolute atomic E-state index is 0.189. The van der Waals surface area contributed by atoms with Crippen LogP contribution in [-0.4, -0.2) is 36.0 Å². The average Bonchev–Trinajstić information content (AvgIpc) is 2.85. The van der Waals surface area contributed by atoms with Crippen LogP contribution in [0.25, 0.3) is 0 Å². The van der Waals surface area contributed by atoms with Crippen LogP contribution in [0.15, 0.2) is 0 Å². The third-order valence-electron chi connectivity index (χ3n) is 4.24. The molecular formula is C14H26N2OS. The van der Waals surface area contributed by atoms with Crippen LogP contribution >= 0.6 is 11.8 Å². The van der Waals surface area contributed by atoms with Crippen LogP contribution in [0.3, 0.4) is 0 Å². The summed E-state index contributed by atoms with van der Waals surface area (Å²) in [4.78, 5) is 11.8. The van der Waals surface area contributed by atoms with E-state index in [1.54, 1.807) is 0 Å². The maximum Gasteiger partial charge on any atom is 0.234 e. The third kappa shape index (κ3) is 4.47. The molecule has 3 nitrogen and oxygen atoms in total. The van der Waals surface area contributed by atoms with E-state index in [1.165, 1.54) is 51.4 Å². The first-order chi connectivity index (χ1) is 8.78. The van der Waals surface area contributed by atoms with Gasteiger partial charge in [0.05, 0.1) is 6.54 Å². The van der Waals surface area contributed by atoms with Crippen molar-refractivity contribution in [2.24, 2.45) is 0 Å². The van der Waals surface area contributed by atoms with Crippen LogP contribution in [0.1, 0.15) is 51.4 Å². The van der Waals surface area contributed by atoms with E-state index in [9.17, 15) is 4.79 Å². The summed E-state index contributed by atoms with van der Waals surface area (Å²) in [6.07, 6.45) is 12.1. The Morgan fingerprint density at radius 1 is 1.11 bits per heavy atom. The highest BCUT2D eigenvalue weighted by molar-refractivity contribution is 7.99. The smallest absolute Gasteiger partial charge is 0.234 e. The molecule has 2 rings (SSSR count). The van der Waals surface area contributed by atoms with Gasteiger partial charge in [0.15, 0.2) is 0 Å². The molecule has 2 fully saturated rings. The molecule has 104 valence electrons. The standard InChI is InChI=1S/C14H26N2OS/c1-18-13-8-7-12(9-13)15-10-14(17)16-11-5-3-2-4-6-11/h11-13,15H,2-10H2,1H3,(H,16,17). The molecule has 0 bridgehead atoms. The second kappa shape index (κ2) is 7.39. The number of thioether (sulfide) groups is 1. The molecule has 2 unspecified atom stereocenters. The molecule has 0 heterocycles. The van der Waals surface area contributed by atoms with E-state index in [0.717, 1.165) is 5.25 Å². The van der Waals surface area contributed by atoms with E-state index in [-0.39, 0.29) is 5.91 Å². The van der Waals surface area contributed by atoms with Crippen LogP contribution in [0.2, 0.25) is 0 Å². The minimum Gasteiger partial charge on any atom is -0.352 e. The van der Waals surface area contributed by atoms with Gasteiger partial charge in [-0.15, -0.1) is 0 Å². The highest BCUT2D eigenvalue weighted by Gasteiger charge is 2.24. The summed E-state index contributed by atoms with van der Waals surface area (Å²) in [6.45, 7) is 0.502. The molecular weight excluding hydrogens is 244 g/mol. The van der Waals surface area contributed by atoms with Crippen molar-refractivity contribution in [3.63, 3.8) is 0 Å². The molecule has 0 radical (unpaired) electrons. The summed E-state index contributed by atoms with van der Waals surface area (Å²) >= 11 is 1.96. The molecule has 0 aromatic rings. The number of nitrogens with one attached hydrogen (secondary N) is 2. The van der Waals surface area contributed by atoms with E-state index in [0.29, 0.717) is 18.6 Å². The molecule has 1 amide bonds. The Morgan fingerprint density at radius 2 is 1.89 bits per heavy atom. The lowest BCUT2D eigenvalue weighted by Gasteiger charge is -2.23. The second-order valence-corrected chi connectivity index (χ2v) is 6.79. The topological polar surface area (TPSA) is 41.1 Å². The largest absolute Gasteiger partial charge is 0.352 e. The number of carbonyl (C=O) groups excluding carboxylic acids is 1. The summed E-state index contributed by atoms with van der Waals surface area (Å²) in [5, 5.41) is 7.37. The molecule has 2 N–H and O–H groups in total. The molecule has 0 aromatic heterocycles. The molecule has 2 aliphatic carbocycles. The van der Waals surface area contributed by atoms with Crippen molar-refractivity contribution >= 4 is 17.7 Å². The summed E-state index contributed by atoms with van der Waals surface area (Å²) in [5.74, 6) is 0.189. The zero-order valence-electron chi connectivity index (χ0n) is 11.4. The van der Waals surface area contributed by atoms with Gasteiger partial charge in [-0.3, -0.25) is 4.79 Å². The maximum atomic E-state index is 11.8. The fourth-order valence-corrected chi connectivity index (χ4v) is 3.90. The van der Waals surface area contributed by atoms with Crippen molar-refractivity contribution in [2.75, 3.05) is 12.8 Å². The predicted octanol–water partition coefficient (Wildman–Crippen LogP) is 2.31. The molecule has 0 aromatic carbocycles. The predicted molar refractivity (Wildman–Crippen MR) is 78.0 cm³/mol. The number of carbonyl (C=O) groups is 1. The van der Waals surface area contributed by atoms with Gasteiger partial charge >= 0.3 is 0 Å². The highest BCUT2D eigenvalue weighted by Crippen LogP contribution is 2.27. The molecule has 18 heavy (non-hydrogen) atoms. The van der Waals surface area contributed by atoms with E-state index < -0.39 is 0 Å². The van der Waals surface area contributed by atoms with Gasteiger partial charge in [-0.25, -0.2) is 0 Å². The van der Waals surface area contributed by atoms with Crippen LogP contribution in [0.4, 0.5) is 0 Å². The first-order valence-electron chi connectivity index (χ1n) is 7.33. The van der Waals surface area contributed by atoms with E-state index in [1.807, 2.05) is 11.8 Å². The van der Waals surface area contributed by atoms with Gasteiger partial charge in [0.1, 0.15) is 0 Å². The average molecular weight is 270 g/mol. The fourth-order valence-electron chi connectivity index (χ4n) is 3.10. The molecule has 0 spiro atoms. The minimum atomic E-state index is 0.189. The summed E-state index contributed by atoms with van der Waals surface area (Å²) in [6, 6.07) is 0.995. The Balaban J connectivity index is 1.59. The fraction of sp³-hybridized carbons (Fsp3) is 0.929. The Kier molecular flexibility index (Phi) is 5.83. The van der Waals surface area contributed by atoms with Crippen LogP contribution in [0, 0.1) is 0 Å². The van der Waals surface area contributed by atoms with Gasteiger partial charge < -0.3 is 10.6 Å². The van der Waals surface area contributed by atoms with Crippen molar-refractivity contribution in [2.45, 2.75) is 68.7 Å². The van der Waals surface area contributed by atoms with E-state index in [2.05, 4.69) is 16.9 Å². The molecule has 2 saturated carbocycles. The Hall–Kier alpha value is -0.220. The van der Waals surface area contributed by atoms with Crippen LogP contribution in [0.5, 0.6) is 0 Å². The third-order valence-corrected chi connectivity index (χ3v) is 5.33. The van der Waals surface area contributed by atoms with Gasteiger partial charge in [-0.2, -0.15) is 11.8 Å². The molecule has 4 heteroatoms. The lowest BCUT2D eigenvalue weighted by molar-refractivity contribution is -0.121. The van der Waals surface area contributed by atoms with Crippen molar-refractivity contribution in [1.29, 1.82) is 0 Å². The van der Waals surface area contributed by atoms with Gasteiger partial charge in [-0.1, -0.05) is 19.3 Å². The molecule has 0 aliphatic heterocycles. The van der Waals surface area contributed by atoms with Crippen molar-refractivity contribution in [3.05, 3.63) is 0 Å². The summed E-state index contributed by atoms with van der Waals surface area (Å²) in [7, 11) is 0. The summed E-state index contributed by atoms with van der Waals surface area (Å²) < 4.78 is 0. The number of hydrogen-bond donors (Lipinski definition) is 2. The normalized spacial score (nSPS) is 29.4. The zero-order chi connectivity index (χ0) is 12.8. The highest BCUT2D eigenvalue weighted by atomic mass is 32.2. The molecule has 2 atom stereocenters. The summed E-state index contributed by atoms with van der Waals surface area (Å²) in [5.41, 5.74) is 0. The van der Waals surface area contributed by atoms with Gasteiger partial charge in [0.2, 0.25) is 5.91 Å². The first kappa shape index (κ1) is 14.2. The SMILES string of the molecule is CSC1CCC(NCC(=O)NC2CCCCC2)C1. The van der Waals surface area contributed by atoms with Crippen molar-refractivity contribution in [1.82, 2.24) is 10.6 Å². The first-order valence-corrected chi connectivity index (χ1v) is 8.62. The van der Waals surface area contributed by atoms with Crippen molar-refractivity contribution < 1.29 is 4.79 Å². The zero-order valence-corrected chi connectivity index (χ0v) is 12.2. The molecule has 2 aliphatic rings. The lowest BCUT2D eigenvalue weighted by atomic mass is 9.95. The number of rotatable bonds is 5. The lowest BCUT2D eigenvalue weighted by Crippen LogP contribution is -2.43. The monoisotopic (exact) mass is 270 g/mol. The van der Waals surface area contributed by atoms with Gasteiger partial charge in [0, 0.05) is 17.3 Å². The van der Waals surface area contributed by atoms with E-state index in [4.69, 9.17) is 0 Å². The van der Waals surface area contributed by atoms with Gasteiger partial charge in [0.25, 0.3) is 0 Å². The molecule has 0 saturated heterocycles. The van der Waals surface area contributed by atoms with Crippen LogP contribution < -0.4 is 10.6 Å².